The fourth-order valence-electron chi connectivity index (χ4n) is 0.700. The van der Waals surface area contributed by atoms with Crippen molar-refractivity contribution in [2.75, 3.05) is 7.11 Å². The molecule has 13 heavy (non-hydrogen) atoms. The number of hydrogen-bond acceptors (Lipinski definition) is 3. The molecule has 0 spiro atoms. The molecule has 1 aromatic heterocycles. The van der Waals surface area contributed by atoms with Crippen molar-refractivity contribution in [2.45, 2.75) is 0 Å². The lowest BCUT2D eigenvalue weighted by Gasteiger charge is -1.96. The Morgan fingerprint density at radius 3 is 3.00 bits per heavy atom. The predicted octanol–water partition coefficient (Wildman–Crippen LogP) is 0.183. The monoisotopic (exact) mass is 179 g/mol. The summed E-state index contributed by atoms with van der Waals surface area (Å²) >= 11 is 0. The van der Waals surface area contributed by atoms with Crippen LogP contribution in [0.4, 0.5) is 0 Å². The van der Waals surface area contributed by atoms with Crippen LogP contribution in [0, 0.1) is 0 Å². The maximum atomic E-state index is 11.2. The summed E-state index contributed by atoms with van der Waals surface area (Å²) in [7, 11) is 1.34. The Morgan fingerprint density at radius 2 is 2.46 bits per heavy atom. The van der Waals surface area contributed by atoms with Crippen molar-refractivity contribution in [1.82, 2.24) is 4.98 Å². The van der Waals surface area contributed by atoms with Crippen molar-refractivity contribution >= 4 is 11.9 Å². The Balaban J connectivity index is 2.81. The van der Waals surface area contributed by atoms with Crippen LogP contribution in [0.2, 0.25) is 0 Å². The lowest BCUT2D eigenvalue weighted by atomic mass is 10.3. The molecule has 5 heteroatoms. The molecule has 68 valence electrons. The highest BCUT2D eigenvalue weighted by Crippen LogP contribution is 1.97. The minimum Gasteiger partial charge on any atom is -0.468 e. The number of amides is 1. The Bertz CT molecular complexity index is 321. The van der Waals surface area contributed by atoms with E-state index in [0.717, 1.165) is 0 Å². The van der Waals surface area contributed by atoms with Gasteiger partial charge >= 0.3 is 0 Å². The van der Waals surface area contributed by atoms with E-state index >= 15 is 0 Å². The molecular weight excluding hydrogens is 170 g/mol. The number of hydrogen-bond donors (Lipinski definition) is 1. The van der Waals surface area contributed by atoms with Gasteiger partial charge in [-0.15, -0.1) is 0 Å². The molecule has 0 unspecified atom stereocenters. The second kappa shape index (κ2) is 4.20. The summed E-state index contributed by atoms with van der Waals surface area (Å²) < 4.78 is 4.53. The number of carbonyl (C=O) groups is 1. The number of amidine groups is 1. The molecule has 0 saturated heterocycles. The molecule has 0 saturated carbocycles. The van der Waals surface area contributed by atoms with Crippen molar-refractivity contribution in [3.8, 4) is 0 Å². The zero-order valence-electron chi connectivity index (χ0n) is 7.10. The zero-order chi connectivity index (χ0) is 9.68. The molecule has 0 aliphatic heterocycles. The third-order valence-electron chi connectivity index (χ3n) is 1.33. The largest absolute Gasteiger partial charge is 0.468 e. The smallest absolute Gasteiger partial charge is 0.289 e. The van der Waals surface area contributed by atoms with E-state index in [1.54, 1.807) is 18.3 Å². The summed E-state index contributed by atoms with van der Waals surface area (Å²) in [6, 6.07) is 3.09. The van der Waals surface area contributed by atoms with Gasteiger partial charge in [-0.3, -0.25) is 9.78 Å². The van der Waals surface area contributed by atoms with Gasteiger partial charge in [0.1, 0.15) is 0 Å². The highest BCUT2D eigenvalue weighted by atomic mass is 16.5. The average molecular weight is 179 g/mol. The second-order valence-corrected chi connectivity index (χ2v) is 2.20. The molecule has 5 nitrogen and oxygen atoms in total. The number of methoxy groups -OCH3 is 1. The highest BCUT2D eigenvalue weighted by Gasteiger charge is 2.03. The number of nitrogens with two attached hydrogens (primary N) is 1. The normalized spacial score (nSPS) is 11.0. The van der Waals surface area contributed by atoms with E-state index in [1.165, 1.54) is 13.3 Å². The minimum atomic E-state index is -0.465. The Labute approximate surface area is 75.3 Å². The van der Waals surface area contributed by atoms with Crippen molar-refractivity contribution in [2.24, 2.45) is 10.7 Å². The summed E-state index contributed by atoms with van der Waals surface area (Å²) in [6.45, 7) is 0. The van der Waals surface area contributed by atoms with E-state index < -0.39 is 5.91 Å². The third-order valence-corrected chi connectivity index (χ3v) is 1.33. The van der Waals surface area contributed by atoms with Gasteiger partial charge in [0.25, 0.3) is 11.9 Å². The first-order chi connectivity index (χ1) is 6.24. The van der Waals surface area contributed by atoms with Gasteiger partial charge in [-0.05, 0) is 12.1 Å². The number of carbonyl (C=O) groups excluding carboxylic acids is 1. The number of ether oxygens (including phenoxy) is 1. The molecule has 0 radical (unpaired) electrons. The standard InChI is InChI=1S/C8H9N3O2/c1-13-8(9)11-7(12)6-3-2-4-10-5-6/h2-5H,1H3,(H2,9,11,12). The molecule has 1 heterocycles. The first kappa shape index (κ1) is 9.18. The SMILES string of the molecule is COC(N)=NC(=O)c1cccnc1. The number of nitrogens with zero attached hydrogens (tertiary/aromatic N) is 2. The maximum Gasteiger partial charge on any atom is 0.289 e. The molecule has 1 aromatic rings. The van der Waals surface area contributed by atoms with Gasteiger partial charge in [0.2, 0.25) is 0 Å². The fourth-order valence-corrected chi connectivity index (χ4v) is 0.700. The van der Waals surface area contributed by atoms with Gasteiger partial charge in [0, 0.05) is 12.4 Å². The van der Waals surface area contributed by atoms with Gasteiger partial charge in [-0.1, -0.05) is 0 Å². The quantitative estimate of drug-likeness (QED) is 0.493. The first-order valence-electron chi connectivity index (χ1n) is 3.56. The molecule has 1 amide bonds. The lowest BCUT2D eigenvalue weighted by Crippen LogP contribution is -2.16. The van der Waals surface area contributed by atoms with Gasteiger partial charge in [-0.25, -0.2) is 0 Å². The molecular formula is C8H9N3O2. The number of aromatic nitrogens is 1. The van der Waals surface area contributed by atoms with Gasteiger partial charge < -0.3 is 10.5 Å². The fraction of sp³-hybridized carbons (Fsp3) is 0.125. The molecule has 2 N–H and O–H groups in total. The van der Waals surface area contributed by atoms with Crippen LogP contribution in [0.15, 0.2) is 29.5 Å². The molecule has 0 fully saturated rings. The van der Waals surface area contributed by atoms with Crippen LogP contribution in [0.1, 0.15) is 10.4 Å². The lowest BCUT2D eigenvalue weighted by molar-refractivity contribution is 0.0999. The highest BCUT2D eigenvalue weighted by molar-refractivity contribution is 6.00. The van der Waals surface area contributed by atoms with Crippen molar-refractivity contribution in [3.05, 3.63) is 30.1 Å². The van der Waals surface area contributed by atoms with Crippen molar-refractivity contribution in [1.29, 1.82) is 0 Å². The maximum absolute atomic E-state index is 11.2. The number of pyridine rings is 1. The van der Waals surface area contributed by atoms with Crippen LogP contribution in [-0.4, -0.2) is 24.0 Å². The van der Waals surface area contributed by atoms with Crippen LogP contribution >= 0.6 is 0 Å². The molecule has 0 bridgehead atoms. The van der Waals surface area contributed by atoms with E-state index in [1.807, 2.05) is 0 Å². The van der Waals surface area contributed by atoms with Crippen molar-refractivity contribution < 1.29 is 9.53 Å². The number of rotatable bonds is 1. The van der Waals surface area contributed by atoms with E-state index in [9.17, 15) is 4.79 Å². The van der Waals surface area contributed by atoms with Crippen LogP contribution in [0.25, 0.3) is 0 Å². The van der Waals surface area contributed by atoms with Crippen molar-refractivity contribution in [3.63, 3.8) is 0 Å². The zero-order valence-corrected chi connectivity index (χ0v) is 7.10. The Hall–Kier alpha value is -1.91. The summed E-state index contributed by atoms with van der Waals surface area (Å²) in [6.07, 6.45) is 2.98. The van der Waals surface area contributed by atoms with Gasteiger partial charge in [-0.2, -0.15) is 4.99 Å². The molecule has 1 rings (SSSR count). The van der Waals surface area contributed by atoms with E-state index in [2.05, 4.69) is 14.7 Å². The molecule has 0 aromatic carbocycles. The van der Waals surface area contributed by atoms with E-state index in [-0.39, 0.29) is 6.02 Å². The Kier molecular flexibility index (Phi) is 2.97. The van der Waals surface area contributed by atoms with Crippen LogP contribution in [0.5, 0.6) is 0 Å². The van der Waals surface area contributed by atoms with Gasteiger partial charge in [0.15, 0.2) is 0 Å². The molecule has 0 aliphatic rings. The second-order valence-electron chi connectivity index (χ2n) is 2.20. The minimum absolute atomic E-state index is 0.158. The van der Waals surface area contributed by atoms with Crippen LogP contribution in [0.3, 0.4) is 0 Å². The molecule has 0 atom stereocenters. The van der Waals surface area contributed by atoms with Gasteiger partial charge in [0.05, 0.1) is 12.7 Å². The summed E-state index contributed by atoms with van der Waals surface area (Å²) in [5.41, 5.74) is 5.58. The topological polar surface area (TPSA) is 77.6 Å². The molecule has 0 aliphatic carbocycles. The van der Waals surface area contributed by atoms with E-state index in [4.69, 9.17) is 5.73 Å². The first-order valence-corrected chi connectivity index (χ1v) is 3.56. The summed E-state index contributed by atoms with van der Waals surface area (Å²) in [4.78, 5) is 18.5. The summed E-state index contributed by atoms with van der Waals surface area (Å²) in [5.74, 6) is -0.465. The average Bonchev–Trinajstić information content (AvgIpc) is 2.19. The van der Waals surface area contributed by atoms with E-state index in [0.29, 0.717) is 5.56 Å². The van der Waals surface area contributed by atoms with Crippen LogP contribution in [-0.2, 0) is 4.74 Å². The third kappa shape index (κ3) is 2.55. The van der Waals surface area contributed by atoms with Crippen LogP contribution < -0.4 is 5.73 Å². The summed E-state index contributed by atoms with van der Waals surface area (Å²) in [5, 5.41) is 0. The predicted molar refractivity (Wildman–Crippen MR) is 47.2 cm³/mol. The Morgan fingerprint density at radius 1 is 1.69 bits per heavy atom. The number of aliphatic imine (C=N–C) groups is 1.